The quantitative estimate of drug-likeness (QED) is 0.690. The van der Waals surface area contributed by atoms with Gasteiger partial charge in [-0.1, -0.05) is 30.9 Å². The molecule has 1 aromatic rings. The van der Waals surface area contributed by atoms with Gasteiger partial charge in [-0.2, -0.15) is 0 Å². The maximum absolute atomic E-state index is 11.6. The average Bonchev–Trinajstić information content (AvgIpc) is 2.69. The molecule has 0 aromatic heterocycles. The molecule has 2 rings (SSSR count). The van der Waals surface area contributed by atoms with Gasteiger partial charge in [-0.3, -0.25) is 4.90 Å². The van der Waals surface area contributed by atoms with Gasteiger partial charge in [0.15, 0.2) is 0 Å². The highest BCUT2D eigenvalue weighted by molar-refractivity contribution is 5.90. The van der Waals surface area contributed by atoms with Crippen LogP contribution in [0.1, 0.15) is 5.56 Å². The van der Waals surface area contributed by atoms with E-state index < -0.39 is 0 Å². The Bertz CT molecular complexity index is 387. The van der Waals surface area contributed by atoms with E-state index in [1.807, 2.05) is 24.3 Å². The standard InChI is InChI=1S/C12H13NO2/c1-2-9-15-12(14)13-8-7-10-5-3-4-6-11(10)13/h2-6H,1,7-9H2. The van der Waals surface area contributed by atoms with Gasteiger partial charge >= 0.3 is 6.09 Å². The summed E-state index contributed by atoms with van der Waals surface area (Å²) in [5, 5.41) is 0. The van der Waals surface area contributed by atoms with Crippen molar-refractivity contribution in [3.63, 3.8) is 0 Å². The number of benzene rings is 1. The van der Waals surface area contributed by atoms with Gasteiger partial charge in [0.25, 0.3) is 0 Å². The highest BCUT2D eigenvalue weighted by atomic mass is 16.6. The summed E-state index contributed by atoms with van der Waals surface area (Å²) in [6.07, 6.45) is 2.18. The summed E-state index contributed by atoms with van der Waals surface area (Å²) in [5.74, 6) is 0. The third kappa shape index (κ3) is 1.86. The zero-order chi connectivity index (χ0) is 10.7. The van der Waals surface area contributed by atoms with E-state index >= 15 is 0 Å². The predicted octanol–water partition coefficient (Wildman–Crippen LogP) is 2.37. The lowest BCUT2D eigenvalue weighted by atomic mass is 10.2. The van der Waals surface area contributed by atoms with Crippen molar-refractivity contribution in [2.45, 2.75) is 6.42 Å². The van der Waals surface area contributed by atoms with Crippen LogP contribution >= 0.6 is 0 Å². The summed E-state index contributed by atoms with van der Waals surface area (Å²) in [6, 6.07) is 7.89. The number of nitrogens with zero attached hydrogens (tertiary/aromatic N) is 1. The summed E-state index contributed by atoms with van der Waals surface area (Å²) in [7, 11) is 0. The molecule has 3 heteroatoms. The molecule has 0 fully saturated rings. The number of amides is 1. The van der Waals surface area contributed by atoms with Gasteiger partial charge in [0.1, 0.15) is 6.61 Å². The van der Waals surface area contributed by atoms with Crippen molar-refractivity contribution in [3.8, 4) is 0 Å². The maximum atomic E-state index is 11.6. The first kappa shape index (κ1) is 9.77. The molecule has 0 N–H and O–H groups in total. The van der Waals surface area contributed by atoms with Crippen molar-refractivity contribution in [2.75, 3.05) is 18.1 Å². The molecule has 3 nitrogen and oxygen atoms in total. The number of para-hydroxylation sites is 1. The third-order valence-electron chi connectivity index (χ3n) is 2.43. The maximum Gasteiger partial charge on any atom is 0.414 e. The van der Waals surface area contributed by atoms with Gasteiger partial charge in [0.05, 0.1) is 5.69 Å². The summed E-state index contributed by atoms with van der Waals surface area (Å²) >= 11 is 0. The molecule has 0 saturated heterocycles. The predicted molar refractivity (Wildman–Crippen MR) is 59.0 cm³/mol. The molecule has 1 aromatic carbocycles. The lowest BCUT2D eigenvalue weighted by Crippen LogP contribution is -2.29. The number of hydrogen-bond acceptors (Lipinski definition) is 2. The summed E-state index contributed by atoms with van der Waals surface area (Å²) in [4.78, 5) is 13.3. The average molecular weight is 203 g/mol. The van der Waals surface area contributed by atoms with Gasteiger partial charge in [-0.05, 0) is 18.1 Å². The second-order valence-electron chi connectivity index (χ2n) is 3.40. The number of ether oxygens (including phenoxy) is 1. The SMILES string of the molecule is C=CCOC(=O)N1CCc2ccccc21. The second-order valence-corrected chi connectivity index (χ2v) is 3.40. The number of fused-ring (bicyclic) bond motifs is 1. The van der Waals surface area contributed by atoms with Crippen molar-refractivity contribution in [1.29, 1.82) is 0 Å². The largest absolute Gasteiger partial charge is 0.445 e. The van der Waals surface area contributed by atoms with Crippen molar-refractivity contribution < 1.29 is 9.53 Å². The van der Waals surface area contributed by atoms with Crippen LogP contribution in [0.3, 0.4) is 0 Å². The lowest BCUT2D eigenvalue weighted by molar-refractivity contribution is 0.166. The lowest BCUT2D eigenvalue weighted by Gasteiger charge is -2.16. The molecule has 0 radical (unpaired) electrons. The van der Waals surface area contributed by atoms with Crippen LogP contribution in [0.15, 0.2) is 36.9 Å². The van der Waals surface area contributed by atoms with Gasteiger partial charge in [-0.25, -0.2) is 4.79 Å². The Kier molecular flexibility index (Phi) is 2.72. The minimum Gasteiger partial charge on any atom is -0.445 e. The molecule has 1 amide bonds. The van der Waals surface area contributed by atoms with Crippen molar-refractivity contribution in [1.82, 2.24) is 0 Å². The zero-order valence-electron chi connectivity index (χ0n) is 8.48. The van der Waals surface area contributed by atoms with E-state index in [2.05, 4.69) is 6.58 Å². The van der Waals surface area contributed by atoms with E-state index in [0.717, 1.165) is 12.1 Å². The van der Waals surface area contributed by atoms with Crippen LogP contribution < -0.4 is 4.90 Å². The number of carbonyl (C=O) groups excluding carboxylic acids is 1. The molecule has 0 atom stereocenters. The molecule has 0 bridgehead atoms. The fourth-order valence-corrected chi connectivity index (χ4v) is 1.74. The van der Waals surface area contributed by atoms with E-state index in [4.69, 9.17) is 4.74 Å². The monoisotopic (exact) mass is 203 g/mol. The van der Waals surface area contributed by atoms with E-state index in [-0.39, 0.29) is 12.7 Å². The number of anilines is 1. The van der Waals surface area contributed by atoms with Crippen LogP contribution in [0.2, 0.25) is 0 Å². The van der Waals surface area contributed by atoms with Gasteiger partial charge in [0.2, 0.25) is 0 Å². The van der Waals surface area contributed by atoms with Crippen molar-refractivity contribution >= 4 is 11.8 Å². The van der Waals surface area contributed by atoms with Crippen LogP contribution in [0.25, 0.3) is 0 Å². The van der Waals surface area contributed by atoms with E-state index in [9.17, 15) is 4.79 Å². The molecule has 15 heavy (non-hydrogen) atoms. The highest BCUT2D eigenvalue weighted by Crippen LogP contribution is 2.27. The Morgan fingerprint density at radius 1 is 1.53 bits per heavy atom. The molecule has 0 aliphatic carbocycles. The van der Waals surface area contributed by atoms with E-state index in [0.29, 0.717) is 6.54 Å². The normalized spacial score (nSPS) is 13.5. The summed E-state index contributed by atoms with van der Waals surface area (Å²) in [5.41, 5.74) is 2.17. The van der Waals surface area contributed by atoms with Crippen LogP contribution in [0, 0.1) is 0 Å². The number of rotatable bonds is 2. The number of carbonyl (C=O) groups is 1. The van der Waals surface area contributed by atoms with Crippen molar-refractivity contribution in [3.05, 3.63) is 42.5 Å². The van der Waals surface area contributed by atoms with Gasteiger partial charge in [0, 0.05) is 6.54 Å². The first-order valence-electron chi connectivity index (χ1n) is 4.96. The number of hydrogen-bond donors (Lipinski definition) is 0. The fourth-order valence-electron chi connectivity index (χ4n) is 1.74. The molecule has 1 aliphatic heterocycles. The Morgan fingerprint density at radius 2 is 2.33 bits per heavy atom. The fraction of sp³-hybridized carbons (Fsp3) is 0.250. The molecule has 0 unspecified atom stereocenters. The van der Waals surface area contributed by atoms with Crippen molar-refractivity contribution in [2.24, 2.45) is 0 Å². The second kappa shape index (κ2) is 4.17. The molecular weight excluding hydrogens is 190 g/mol. The Hall–Kier alpha value is -1.77. The first-order chi connectivity index (χ1) is 7.33. The summed E-state index contributed by atoms with van der Waals surface area (Å²) < 4.78 is 5.00. The molecular formula is C12H13NO2. The smallest absolute Gasteiger partial charge is 0.414 e. The van der Waals surface area contributed by atoms with E-state index in [1.54, 1.807) is 11.0 Å². The van der Waals surface area contributed by atoms with Gasteiger partial charge in [-0.15, -0.1) is 0 Å². The van der Waals surface area contributed by atoms with Crippen LogP contribution in [0.5, 0.6) is 0 Å². The third-order valence-corrected chi connectivity index (χ3v) is 2.43. The Labute approximate surface area is 89.0 Å². The van der Waals surface area contributed by atoms with Crippen LogP contribution in [0.4, 0.5) is 10.5 Å². The van der Waals surface area contributed by atoms with Crippen LogP contribution in [-0.2, 0) is 11.2 Å². The zero-order valence-corrected chi connectivity index (χ0v) is 8.48. The van der Waals surface area contributed by atoms with E-state index in [1.165, 1.54) is 5.56 Å². The minimum atomic E-state index is -0.292. The molecule has 0 spiro atoms. The molecule has 78 valence electrons. The topological polar surface area (TPSA) is 29.5 Å². The van der Waals surface area contributed by atoms with Crippen LogP contribution in [-0.4, -0.2) is 19.2 Å². The minimum absolute atomic E-state index is 0.261. The first-order valence-corrected chi connectivity index (χ1v) is 4.96. The molecule has 1 aliphatic rings. The highest BCUT2D eigenvalue weighted by Gasteiger charge is 2.24. The Morgan fingerprint density at radius 3 is 3.13 bits per heavy atom. The summed E-state index contributed by atoms with van der Waals surface area (Å²) in [6.45, 7) is 4.47. The Balaban J connectivity index is 2.13. The molecule has 0 saturated carbocycles. The molecule has 1 heterocycles. The van der Waals surface area contributed by atoms with Gasteiger partial charge < -0.3 is 4.74 Å².